The van der Waals surface area contributed by atoms with Crippen molar-refractivity contribution >= 4 is 23.2 Å². The molecular weight excluding hydrogens is 404 g/mol. The molecule has 7 nitrogen and oxygen atoms in total. The highest BCUT2D eigenvalue weighted by molar-refractivity contribution is 6.04. The van der Waals surface area contributed by atoms with E-state index in [9.17, 15) is 9.59 Å². The molecule has 0 atom stereocenters. The van der Waals surface area contributed by atoms with E-state index in [0.717, 1.165) is 63.3 Å². The van der Waals surface area contributed by atoms with Gasteiger partial charge in [-0.1, -0.05) is 37.1 Å². The average molecular weight is 437 g/mol. The van der Waals surface area contributed by atoms with Crippen LogP contribution in [0.1, 0.15) is 36.0 Å². The summed E-state index contributed by atoms with van der Waals surface area (Å²) in [5.74, 6) is 0.654. The molecule has 1 aliphatic carbocycles. The summed E-state index contributed by atoms with van der Waals surface area (Å²) in [6, 6.07) is 15.5. The molecule has 0 radical (unpaired) electrons. The second kappa shape index (κ2) is 10.5. The van der Waals surface area contributed by atoms with Crippen LogP contribution in [0.2, 0.25) is 0 Å². The fourth-order valence-electron chi connectivity index (χ4n) is 4.55. The summed E-state index contributed by atoms with van der Waals surface area (Å²) < 4.78 is 5.48. The van der Waals surface area contributed by atoms with Gasteiger partial charge in [0.2, 0.25) is 5.91 Å². The Morgan fingerprint density at radius 2 is 1.66 bits per heavy atom. The number of anilines is 2. The van der Waals surface area contributed by atoms with Gasteiger partial charge in [-0.3, -0.25) is 14.5 Å². The van der Waals surface area contributed by atoms with Crippen LogP contribution >= 0.6 is 0 Å². The van der Waals surface area contributed by atoms with Crippen molar-refractivity contribution in [3.8, 4) is 5.75 Å². The van der Waals surface area contributed by atoms with Gasteiger partial charge in [0.15, 0.2) is 0 Å². The Kier molecular flexibility index (Phi) is 7.27. The SMILES string of the molecule is COc1ccccc1N1CCN(CC(=O)Nc2ccccc2C(=O)NC2CCCC2)CC1. The van der Waals surface area contributed by atoms with E-state index in [2.05, 4.69) is 26.5 Å². The lowest BCUT2D eigenvalue weighted by atomic mass is 10.1. The van der Waals surface area contributed by atoms with Gasteiger partial charge in [-0.25, -0.2) is 0 Å². The van der Waals surface area contributed by atoms with Gasteiger partial charge in [0.1, 0.15) is 5.75 Å². The average Bonchev–Trinajstić information content (AvgIpc) is 3.33. The zero-order valence-electron chi connectivity index (χ0n) is 18.7. The number of rotatable bonds is 7. The summed E-state index contributed by atoms with van der Waals surface area (Å²) >= 11 is 0. The van der Waals surface area contributed by atoms with Crippen LogP contribution in [0.15, 0.2) is 48.5 Å². The first-order chi connectivity index (χ1) is 15.6. The number of hydrogen-bond donors (Lipinski definition) is 2. The molecule has 2 fully saturated rings. The van der Waals surface area contributed by atoms with E-state index in [1.807, 2.05) is 30.3 Å². The molecule has 170 valence electrons. The summed E-state index contributed by atoms with van der Waals surface area (Å²) in [5.41, 5.74) is 2.18. The zero-order chi connectivity index (χ0) is 22.3. The summed E-state index contributed by atoms with van der Waals surface area (Å²) in [5, 5.41) is 6.05. The van der Waals surface area contributed by atoms with E-state index in [-0.39, 0.29) is 17.9 Å². The third-order valence-corrected chi connectivity index (χ3v) is 6.30. The first kappa shape index (κ1) is 22.1. The van der Waals surface area contributed by atoms with Crippen molar-refractivity contribution in [1.29, 1.82) is 0 Å². The maximum Gasteiger partial charge on any atom is 0.253 e. The van der Waals surface area contributed by atoms with Crippen molar-refractivity contribution < 1.29 is 14.3 Å². The predicted molar refractivity (Wildman–Crippen MR) is 126 cm³/mol. The Balaban J connectivity index is 1.30. The van der Waals surface area contributed by atoms with Gasteiger partial charge >= 0.3 is 0 Å². The highest BCUT2D eigenvalue weighted by Crippen LogP contribution is 2.28. The number of methoxy groups -OCH3 is 1. The van der Waals surface area contributed by atoms with Crippen LogP contribution < -0.4 is 20.3 Å². The van der Waals surface area contributed by atoms with Gasteiger partial charge in [-0.05, 0) is 37.1 Å². The molecule has 0 unspecified atom stereocenters. The van der Waals surface area contributed by atoms with Gasteiger partial charge < -0.3 is 20.3 Å². The molecule has 7 heteroatoms. The van der Waals surface area contributed by atoms with Crippen LogP contribution in [0.25, 0.3) is 0 Å². The Labute approximate surface area is 189 Å². The Bertz CT molecular complexity index is 934. The Hall–Kier alpha value is -3.06. The van der Waals surface area contributed by atoms with E-state index in [1.54, 1.807) is 19.2 Å². The number of carbonyl (C=O) groups excluding carboxylic acids is 2. The largest absolute Gasteiger partial charge is 0.495 e. The fourth-order valence-corrected chi connectivity index (χ4v) is 4.55. The molecule has 1 saturated heterocycles. The van der Waals surface area contributed by atoms with Crippen molar-refractivity contribution in [1.82, 2.24) is 10.2 Å². The van der Waals surface area contributed by atoms with Crippen molar-refractivity contribution in [3.63, 3.8) is 0 Å². The minimum absolute atomic E-state index is 0.100. The summed E-state index contributed by atoms with van der Waals surface area (Å²) in [4.78, 5) is 29.9. The lowest BCUT2D eigenvalue weighted by Gasteiger charge is -2.36. The maximum absolute atomic E-state index is 12.7. The molecular formula is C25H32N4O3. The fraction of sp³-hybridized carbons (Fsp3) is 0.440. The molecule has 32 heavy (non-hydrogen) atoms. The molecule has 2 N–H and O–H groups in total. The van der Waals surface area contributed by atoms with E-state index in [1.165, 1.54) is 0 Å². The zero-order valence-corrected chi connectivity index (χ0v) is 18.7. The first-order valence-corrected chi connectivity index (χ1v) is 11.4. The lowest BCUT2D eigenvalue weighted by Crippen LogP contribution is -2.48. The number of nitrogens with zero attached hydrogens (tertiary/aromatic N) is 2. The molecule has 0 spiro atoms. The minimum atomic E-state index is -0.113. The van der Waals surface area contributed by atoms with Crippen molar-refractivity contribution in [3.05, 3.63) is 54.1 Å². The smallest absolute Gasteiger partial charge is 0.253 e. The number of nitrogens with one attached hydrogen (secondary N) is 2. The van der Waals surface area contributed by atoms with E-state index in [4.69, 9.17) is 4.74 Å². The number of amides is 2. The number of benzene rings is 2. The molecule has 4 rings (SSSR count). The summed E-state index contributed by atoms with van der Waals surface area (Å²) in [6.45, 7) is 3.53. The number of ether oxygens (including phenoxy) is 1. The molecule has 1 saturated carbocycles. The standard InChI is InChI=1S/C25H32N4O3/c1-32-23-13-7-6-12-22(23)29-16-14-28(15-17-29)18-24(30)27-21-11-5-4-10-20(21)25(31)26-19-8-2-3-9-19/h4-7,10-13,19H,2-3,8-9,14-18H2,1H3,(H,26,31)(H,27,30). The van der Waals surface area contributed by atoms with Gasteiger partial charge in [-0.15, -0.1) is 0 Å². The van der Waals surface area contributed by atoms with Gasteiger partial charge in [0.05, 0.1) is 30.6 Å². The summed E-state index contributed by atoms with van der Waals surface area (Å²) in [6.07, 6.45) is 4.38. The van der Waals surface area contributed by atoms with Crippen LogP contribution in [-0.2, 0) is 4.79 Å². The van der Waals surface area contributed by atoms with E-state index in [0.29, 0.717) is 17.8 Å². The van der Waals surface area contributed by atoms with Crippen LogP contribution in [0, 0.1) is 0 Å². The van der Waals surface area contributed by atoms with Crippen molar-refractivity contribution in [2.75, 3.05) is 50.1 Å². The van der Waals surface area contributed by atoms with Crippen LogP contribution in [0.3, 0.4) is 0 Å². The van der Waals surface area contributed by atoms with Crippen LogP contribution in [0.5, 0.6) is 5.75 Å². The molecule has 2 aromatic carbocycles. The van der Waals surface area contributed by atoms with Crippen molar-refractivity contribution in [2.24, 2.45) is 0 Å². The molecule has 0 aromatic heterocycles. The van der Waals surface area contributed by atoms with Crippen molar-refractivity contribution in [2.45, 2.75) is 31.7 Å². The van der Waals surface area contributed by atoms with Gasteiger partial charge in [0.25, 0.3) is 5.91 Å². The normalized spacial score (nSPS) is 17.2. The van der Waals surface area contributed by atoms with Crippen LogP contribution in [-0.4, -0.2) is 62.6 Å². The Morgan fingerprint density at radius 1 is 0.969 bits per heavy atom. The molecule has 1 aliphatic heterocycles. The molecule has 2 aromatic rings. The van der Waals surface area contributed by atoms with E-state index >= 15 is 0 Å². The summed E-state index contributed by atoms with van der Waals surface area (Å²) in [7, 11) is 1.69. The second-order valence-electron chi connectivity index (χ2n) is 8.48. The van der Waals surface area contributed by atoms with Gasteiger partial charge in [-0.2, -0.15) is 0 Å². The third kappa shape index (κ3) is 5.40. The predicted octanol–water partition coefficient (Wildman–Crippen LogP) is 3.13. The van der Waals surface area contributed by atoms with E-state index < -0.39 is 0 Å². The molecule has 0 bridgehead atoms. The number of carbonyl (C=O) groups is 2. The topological polar surface area (TPSA) is 73.9 Å². The molecule has 2 amide bonds. The molecule has 2 aliphatic rings. The Morgan fingerprint density at radius 3 is 2.41 bits per heavy atom. The first-order valence-electron chi connectivity index (χ1n) is 11.4. The third-order valence-electron chi connectivity index (χ3n) is 6.30. The highest BCUT2D eigenvalue weighted by Gasteiger charge is 2.23. The monoisotopic (exact) mass is 436 g/mol. The second-order valence-corrected chi connectivity index (χ2v) is 8.48. The maximum atomic E-state index is 12.7. The number of hydrogen-bond acceptors (Lipinski definition) is 5. The molecule has 1 heterocycles. The number of piperazine rings is 1. The quantitative estimate of drug-likeness (QED) is 0.698. The minimum Gasteiger partial charge on any atom is -0.495 e. The number of para-hydroxylation sites is 3. The van der Waals surface area contributed by atoms with Gasteiger partial charge in [0, 0.05) is 32.2 Å². The lowest BCUT2D eigenvalue weighted by molar-refractivity contribution is -0.117. The highest BCUT2D eigenvalue weighted by atomic mass is 16.5. The van der Waals surface area contributed by atoms with Crippen LogP contribution in [0.4, 0.5) is 11.4 Å².